The Labute approximate surface area is 149 Å². The third-order valence-electron chi connectivity index (χ3n) is 3.58. The number of fused-ring (bicyclic) bond motifs is 2. The first-order valence-electron chi connectivity index (χ1n) is 7.93. The lowest BCUT2D eigenvalue weighted by Gasteiger charge is -2.19. The highest BCUT2D eigenvalue weighted by Crippen LogP contribution is 2.25. The normalized spacial score (nSPS) is 11.7. The van der Waals surface area contributed by atoms with Crippen LogP contribution in [0.1, 0.15) is 20.8 Å². The number of nitrogens with zero attached hydrogens (tertiary/aromatic N) is 2. The fourth-order valence-electron chi connectivity index (χ4n) is 2.64. The molecule has 0 unspecified atom stereocenters. The lowest BCUT2D eigenvalue weighted by molar-refractivity contribution is -0.591. The molecule has 0 amide bonds. The van der Waals surface area contributed by atoms with Gasteiger partial charge in [0.1, 0.15) is 5.60 Å². The van der Waals surface area contributed by atoms with Gasteiger partial charge in [0.25, 0.3) is 11.0 Å². The first-order valence-corrected chi connectivity index (χ1v) is 7.93. The van der Waals surface area contributed by atoms with Gasteiger partial charge in [-0.05, 0) is 32.9 Å². The highest BCUT2D eigenvalue weighted by Gasteiger charge is 2.27. The molecule has 2 aromatic carbocycles. The van der Waals surface area contributed by atoms with Crippen LogP contribution in [0.4, 0.5) is 0 Å². The van der Waals surface area contributed by atoms with Gasteiger partial charge in [0.15, 0.2) is 18.1 Å². The Kier molecular flexibility index (Phi) is 4.19. The van der Waals surface area contributed by atoms with E-state index in [1.54, 1.807) is 20.8 Å². The van der Waals surface area contributed by atoms with Gasteiger partial charge in [0, 0.05) is 12.1 Å². The van der Waals surface area contributed by atoms with Gasteiger partial charge in [-0.2, -0.15) is 9.46 Å². The molecule has 0 aliphatic heterocycles. The molecule has 1 aromatic heterocycles. The molecule has 3 rings (SSSR count). The second-order valence-electron chi connectivity index (χ2n) is 6.73. The van der Waals surface area contributed by atoms with Gasteiger partial charge >= 0.3 is 17.0 Å². The molecule has 1 heterocycles. The zero-order valence-corrected chi connectivity index (χ0v) is 14.6. The minimum Gasteiger partial charge on any atom is -0.617 e. The molecule has 0 aliphatic rings. The fraction of sp³-hybridized carbons (Fsp3) is 0.278. The monoisotopic (exact) mass is 358 g/mol. The molecule has 1 N–H and O–H groups in total. The largest absolute Gasteiger partial charge is 0.617 e. The summed E-state index contributed by atoms with van der Waals surface area (Å²) >= 11 is 0. The van der Waals surface area contributed by atoms with Gasteiger partial charge in [0.2, 0.25) is 0 Å². The number of benzene rings is 2. The molecular formula is C18H18N2O6. The zero-order valence-electron chi connectivity index (χ0n) is 14.6. The maximum absolute atomic E-state index is 12.7. The number of rotatable bonds is 3. The first-order chi connectivity index (χ1) is 12.2. The summed E-state index contributed by atoms with van der Waals surface area (Å²) in [7, 11) is 0. The lowest BCUT2D eigenvalue weighted by atomic mass is 10.2. The van der Waals surface area contributed by atoms with E-state index in [2.05, 4.69) is 0 Å². The van der Waals surface area contributed by atoms with Crippen molar-refractivity contribution in [2.75, 3.05) is 6.61 Å². The van der Waals surface area contributed by atoms with Gasteiger partial charge in [-0.1, -0.05) is 12.1 Å². The Bertz CT molecular complexity index is 1010. The average Bonchev–Trinajstić information content (AvgIpc) is 2.56. The molecule has 0 saturated carbocycles. The Morgan fingerprint density at radius 2 is 1.62 bits per heavy atom. The highest BCUT2D eigenvalue weighted by molar-refractivity contribution is 5.83. The van der Waals surface area contributed by atoms with Crippen LogP contribution < -0.4 is 14.2 Å². The number of esters is 1. The van der Waals surface area contributed by atoms with Crippen LogP contribution in [0.15, 0.2) is 36.4 Å². The van der Waals surface area contributed by atoms with E-state index in [4.69, 9.17) is 9.47 Å². The van der Waals surface area contributed by atoms with Crippen molar-refractivity contribution in [3.8, 4) is 11.5 Å². The number of para-hydroxylation sites is 2. The number of hydrogen-bond donors (Lipinski definition) is 1. The summed E-state index contributed by atoms with van der Waals surface area (Å²) in [5.74, 6) is -0.831. The molecule has 0 fully saturated rings. The van der Waals surface area contributed by atoms with Crippen molar-refractivity contribution in [3.05, 3.63) is 46.8 Å². The van der Waals surface area contributed by atoms with Crippen LogP contribution in [0.5, 0.6) is 11.5 Å². The Hall–Kier alpha value is -3.29. The second kappa shape index (κ2) is 6.21. The van der Waals surface area contributed by atoms with E-state index in [9.17, 15) is 20.3 Å². The van der Waals surface area contributed by atoms with Gasteiger partial charge < -0.3 is 25.0 Å². The minimum absolute atomic E-state index is 0.00990. The zero-order chi connectivity index (χ0) is 19.1. The summed E-state index contributed by atoms with van der Waals surface area (Å²) in [5.41, 5.74) is -0.844. The maximum Gasteiger partial charge on any atom is 0.344 e. The van der Waals surface area contributed by atoms with Crippen LogP contribution in [-0.4, -0.2) is 23.3 Å². The predicted octanol–water partition coefficient (Wildman–Crippen LogP) is 1.69. The highest BCUT2D eigenvalue weighted by atomic mass is 16.6. The predicted molar refractivity (Wildman–Crippen MR) is 92.4 cm³/mol. The average molecular weight is 358 g/mol. The van der Waals surface area contributed by atoms with Crippen LogP contribution in [0.25, 0.3) is 22.1 Å². The Morgan fingerprint density at radius 3 is 2.27 bits per heavy atom. The number of carbonyl (C=O) groups is 1. The van der Waals surface area contributed by atoms with Gasteiger partial charge in [-0.3, -0.25) is 0 Å². The van der Waals surface area contributed by atoms with E-state index < -0.39 is 18.2 Å². The van der Waals surface area contributed by atoms with Crippen molar-refractivity contribution in [2.24, 2.45) is 0 Å². The molecule has 0 radical (unpaired) electrons. The molecule has 0 saturated heterocycles. The number of ether oxygens (including phenoxy) is 2. The topological polar surface area (TPSA) is 110 Å². The molecular weight excluding hydrogens is 340 g/mol. The van der Waals surface area contributed by atoms with E-state index in [1.807, 2.05) is 0 Å². The quantitative estimate of drug-likeness (QED) is 0.330. The third-order valence-corrected chi connectivity index (χ3v) is 3.58. The molecule has 0 spiro atoms. The van der Waals surface area contributed by atoms with Crippen molar-refractivity contribution in [1.29, 1.82) is 0 Å². The summed E-state index contributed by atoms with van der Waals surface area (Å²) in [5, 5.41) is 35.3. The molecule has 3 aromatic rings. The standard InChI is InChI=1S/C18H18N2O6/c1-18(2,3)26-15(22)10-25-14-9-5-7-12-17(14)20(24)11-6-4-8-13(21)16(11)19(12)23/h4-9,21H,10H2,1-3H3. The lowest BCUT2D eigenvalue weighted by Crippen LogP contribution is -2.39. The maximum atomic E-state index is 12.7. The van der Waals surface area contributed by atoms with Gasteiger partial charge in [-0.15, -0.1) is 0 Å². The van der Waals surface area contributed by atoms with Crippen LogP contribution >= 0.6 is 0 Å². The van der Waals surface area contributed by atoms with E-state index >= 15 is 0 Å². The molecule has 8 heteroatoms. The first kappa shape index (κ1) is 17.5. The Morgan fingerprint density at radius 1 is 1.04 bits per heavy atom. The number of phenols is 1. The molecule has 0 atom stereocenters. The second-order valence-corrected chi connectivity index (χ2v) is 6.73. The number of hydrogen-bond acceptors (Lipinski definition) is 6. The molecule has 0 bridgehead atoms. The van der Waals surface area contributed by atoms with Crippen molar-refractivity contribution in [2.45, 2.75) is 26.4 Å². The van der Waals surface area contributed by atoms with E-state index in [-0.39, 0.29) is 33.6 Å². The summed E-state index contributed by atoms with van der Waals surface area (Å²) in [6.45, 7) is 4.78. The SMILES string of the molecule is CC(C)(C)OC(=O)COc1cccc2c1[n+]([O-])c1cccc(O)c1[n+]2[O-]. The van der Waals surface area contributed by atoms with E-state index in [0.29, 0.717) is 9.46 Å². The smallest absolute Gasteiger partial charge is 0.344 e. The van der Waals surface area contributed by atoms with Crippen LogP contribution in [-0.2, 0) is 9.53 Å². The van der Waals surface area contributed by atoms with Crippen molar-refractivity contribution >= 4 is 28.0 Å². The van der Waals surface area contributed by atoms with Crippen LogP contribution in [0, 0.1) is 10.4 Å². The van der Waals surface area contributed by atoms with Gasteiger partial charge in [0.05, 0.1) is 0 Å². The van der Waals surface area contributed by atoms with Crippen LogP contribution in [0.3, 0.4) is 0 Å². The van der Waals surface area contributed by atoms with Crippen molar-refractivity contribution in [1.82, 2.24) is 0 Å². The Balaban J connectivity index is 2.08. The molecule has 26 heavy (non-hydrogen) atoms. The van der Waals surface area contributed by atoms with Gasteiger partial charge in [-0.25, -0.2) is 4.79 Å². The van der Waals surface area contributed by atoms with Crippen molar-refractivity contribution < 1.29 is 28.8 Å². The third kappa shape index (κ3) is 3.13. The number of carbonyl (C=O) groups excluding carboxylic acids is 1. The number of phenolic OH excluding ortho intramolecular Hbond substituents is 1. The number of aromatic nitrogens is 2. The summed E-state index contributed by atoms with van der Waals surface area (Å²) in [6.07, 6.45) is 0. The fourth-order valence-corrected chi connectivity index (χ4v) is 2.64. The summed E-state index contributed by atoms with van der Waals surface area (Å²) in [6, 6.07) is 8.64. The van der Waals surface area contributed by atoms with Crippen LogP contribution in [0.2, 0.25) is 0 Å². The molecule has 0 aliphatic carbocycles. The molecule has 136 valence electrons. The minimum atomic E-state index is -0.663. The van der Waals surface area contributed by atoms with E-state index in [1.165, 1.54) is 36.4 Å². The summed E-state index contributed by atoms with van der Waals surface area (Å²) in [4.78, 5) is 11.8. The summed E-state index contributed by atoms with van der Waals surface area (Å²) < 4.78 is 11.6. The molecule has 8 nitrogen and oxygen atoms in total. The number of aromatic hydroxyl groups is 1. The van der Waals surface area contributed by atoms with Crippen molar-refractivity contribution in [3.63, 3.8) is 0 Å². The van der Waals surface area contributed by atoms with E-state index in [0.717, 1.165) is 0 Å².